The molecule has 5 heteroatoms. The Labute approximate surface area is 233 Å². The van der Waals surface area contributed by atoms with Gasteiger partial charge in [-0.2, -0.15) is 0 Å². The van der Waals surface area contributed by atoms with Gasteiger partial charge in [0.2, 0.25) is 0 Å². The van der Waals surface area contributed by atoms with Crippen molar-refractivity contribution < 1.29 is 19.3 Å². The van der Waals surface area contributed by atoms with Crippen molar-refractivity contribution in [3.8, 4) is 0 Å². The number of rotatable bonds is 12. The summed E-state index contributed by atoms with van der Waals surface area (Å²) in [5.41, 5.74) is 4.95. The molecule has 3 fully saturated rings. The fourth-order valence-electron chi connectivity index (χ4n) is 7.31. The smallest absolute Gasteiger partial charge is 0.160 e. The van der Waals surface area contributed by atoms with Gasteiger partial charge < -0.3 is 19.3 Å². The third-order valence-electron chi connectivity index (χ3n) is 9.03. The standard InChI is InChI=1S/C33H55NO4/c1-10-13-25(11-2)22(4)14-15-23(5)32(33(7,8)9)30(16-18-35)38-31-21-27-26(24(6)37-31)20-28-29(12-3)36-19-17-34(27)28/h10,13,24,26-31,35H,1,4,11-12,14-21H2,2-3,5-9H3/b25-13+,32-23-/t24-,26?,27-,28-,29?,30+,31+/m1/s1. The number of allylic oxidation sites excluding steroid dienone is 5. The van der Waals surface area contributed by atoms with E-state index in [1.165, 1.54) is 22.3 Å². The van der Waals surface area contributed by atoms with E-state index in [1.54, 1.807) is 0 Å². The summed E-state index contributed by atoms with van der Waals surface area (Å²) >= 11 is 0. The molecule has 38 heavy (non-hydrogen) atoms. The lowest BCUT2D eigenvalue weighted by Gasteiger charge is -2.44. The first-order valence-corrected chi connectivity index (χ1v) is 15.0. The van der Waals surface area contributed by atoms with Crippen LogP contribution in [0.4, 0.5) is 0 Å². The Morgan fingerprint density at radius 3 is 2.53 bits per heavy atom. The Balaban J connectivity index is 1.78. The number of nitrogens with zero attached hydrogens (tertiary/aromatic N) is 1. The molecule has 3 saturated heterocycles. The van der Waals surface area contributed by atoms with Gasteiger partial charge in [0.25, 0.3) is 0 Å². The van der Waals surface area contributed by atoms with Gasteiger partial charge >= 0.3 is 0 Å². The topological polar surface area (TPSA) is 51.2 Å². The van der Waals surface area contributed by atoms with Gasteiger partial charge in [0.15, 0.2) is 6.29 Å². The SMILES string of the molecule is C=C/C=C(\CC)C(=C)CC/C(C)=C(/[C@H](CCO)O[C@H]1C[C@@H]2C(C[C@@H]3C(CC)OCCN32)[C@@H](C)O1)C(C)(C)C. The molecule has 0 aromatic rings. The quantitative estimate of drug-likeness (QED) is 0.218. The van der Waals surface area contributed by atoms with Crippen LogP contribution in [-0.4, -0.2) is 66.5 Å². The molecule has 0 aromatic heterocycles. The highest BCUT2D eigenvalue weighted by molar-refractivity contribution is 5.32. The van der Waals surface area contributed by atoms with Crippen molar-refractivity contribution in [3.63, 3.8) is 0 Å². The molecule has 0 amide bonds. The maximum Gasteiger partial charge on any atom is 0.160 e. The lowest BCUT2D eigenvalue weighted by molar-refractivity contribution is -0.231. The molecule has 7 atom stereocenters. The van der Waals surface area contributed by atoms with Gasteiger partial charge in [-0.25, -0.2) is 0 Å². The molecule has 0 bridgehead atoms. The fourth-order valence-corrected chi connectivity index (χ4v) is 7.31. The molecule has 2 unspecified atom stereocenters. The zero-order valence-electron chi connectivity index (χ0n) is 25.3. The average molecular weight is 530 g/mol. The van der Waals surface area contributed by atoms with Crippen molar-refractivity contribution in [1.29, 1.82) is 0 Å². The van der Waals surface area contributed by atoms with E-state index in [9.17, 15) is 5.11 Å². The summed E-state index contributed by atoms with van der Waals surface area (Å²) in [5, 5.41) is 10.1. The molecule has 216 valence electrons. The summed E-state index contributed by atoms with van der Waals surface area (Å²) in [7, 11) is 0. The second-order valence-electron chi connectivity index (χ2n) is 12.6. The van der Waals surface area contributed by atoms with Gasteiger partial charge in [-0.05, 0) is 62.5 Å². The van der Waals surface area contributed by atoms with Crippen LogP contribution in [-0.2, 0) is 14.2 Å². The Kier molecular flexibility index (Phi) is 11.4. The Bertz CT molecular complexity index is 869. The minimum atomic E-state index is -0.271. The zero-order chi connectivity index (χ0) is 28.0. The molecule has 0 saturated carbocycles. The first kappa shape index (κ1) is 31.3. The molecule has 0 spiro atoms. The minimum Gasteiger partial charge on any atom is -0.396 e. The predicted octanol–water partition coefficient (Wildman–Crippen LogP) is 6.98. The lowest BCUT2D eigenvalue weighted by atomic mass is 9.78. The Morgan fingerprint density at radius 1 is 1.18 bits per heavy atom. The summed E-state index contributed by atoms with van der Waals surface area (Å²) in [6.45, 7) is 25.7. The second kappa shape index (κ2) is 13.9. The second-order valence-corrected chi connectivity index (χ2v) is 12.6. The molecule has 0 aliphatic carbocycles. The van der Waals surface area contributed by atoms with Crippen LogP contribution in [0.1, 0.15) is 93.4 Å². The summed E-state index contributed by atoms with van der Waals surface area (Å²) in [6.07, 6.45) is 10.4. The first-order chi connectivity index (χ1) is 18.0. The van der Waals surface area contributed by atoms with Crippen LogP contribution in [0.15, 0.2) is 47.6 Å². The van der Waals surface area contributed by atoms with Gasteiger partial charge in [-0.3, -0.25) is 4.90 Å². The van der Waals surface area contributed by atoms with E-state index in [2.05, 4.69) is 72.6 Å². The number of ether oxygens (including phenoxy) is 3. The minimum absolute atomic E-state index is 0.0876. The fraction of sp³-hybridized carbons (Fsp3) is 0.758. The van der Waals surface area contributed by atoms with E-state index >= 15 is 0 Å². The van der Waals surface area contributed by atoms with Crippen LogP contribution in [0.25, 0.3) is 0 Å². The van der Waals surface area contributed by atoms with Gasteiger partial charge in [-0.1, -0.05) is 71.1 Å². The summed E-state index contributed by atoms with van der Waals surface area (Å²) in [6, 6.07) is 0.961. The number of fused-ring (bicyclic) bond motifs is 3. The maximum atomic E-state index is 10.1. The van der Waals surface area contributed by atoms with Crippen LogP contribution >= 0.6 is 0 Å². The lowest BCUT2D eigenvalue weighted by Crippen LogP contribution is -2.53. The van der Waals surface area contributed by atoms with Crippen molar-refractivity contribution >= 4 is 0 Å². The molecule has 0 aromatic carbocycles. The normalized spacial score (nSPS) is 31.8. The molecular weight excluding hydrogens is 474 g/mol. The maximum absolute atomic E-state index is 10.1. The largest absolute Gasteiger partial charge is 0.396 e. The number of morpholine rings is 1. The van der Waals surface area contributed by atoms with Gasteiger partial charge in [0.05, 0.1) is 24.9 Å². The third-order valence-corrected chi connectivity index (χ3v) is 9.03. The Hall–Kier alpha value is -1.24. The van der Waals surface area contributed by atoms with E-state index in [1.807, 2.05) is 6.08 Å². The van der Waals surface area contributed by atoms with E-state index < -0.39 is 0 Å². The third kappa shape index (κ3) is 7.28. The molecule has 1 N–H and O–H groups in total. The van der Waals surface area contributed by atoms with Crippen LogP contribution < -0.4 is 0 Å². The monoisotopic (exact) mass is 529 g/mol. The van der Waals surface area contributed by atoms with Crippen LogP contribution in [0, 0.1) is 11.3 Å². The number of hydrogen-bond donors (Lipinski definition) is 1. The van der Waals surface area contributed by atoms with Gasteiger partial charge in [0.1, 0.15) is 0 Å². The highest BCUT2D eigenvalue weighted by Gasteiger charge is 2.51. The van der Waals surface area contributed by atoms with Crippen LogP contribution in [0.2, 0.25) is 0 Å². The van der Waals surface area contributed by atoms with Crippen molar-refractivity contribution in [2.45, 2.75) is 130 Å². The molecule has 3 rings (SSSR count). The molecule has 3 heterocycles. The van der Waals surface area contributed by atoms with Crippen molar-refractivity contribution in [2.75, 3.05) is 19.8 Å². The number of hydrogen-bond acceptors (Lipinski definition) is 5. The van der Waals surface area contributed by atoms with Gasteiger partial charge in [0, 0.05) is 44.0 Å². The molecule has 0 radical (unpaired) electrons. The van der Waals surface area contributed by atoms with Crippen molar-refractivity contribution in [2.24, 2.45) is 11.3 Å². The highest BCUT2D eigenvalue weighted by atomic mass is 16.7. The number of aliphatic hydroxyl groups is 1. The number of aliphatic hydroxyl groups excluding tert-OH is 1. The van der Waals surface area contributed by atoms with E-state index in [4.69, 9.17) is 14.2 Å². The van der Waals surface area contributed by atoms with Crippen LogP contribution in [0.3, 0.4) is 0 Å². The summed E-state index contributed by atoms with van der Waals surface area (Å²) in [5.74, 6) is 0.522. The van der Waals surface area contributed by atoms with Gasteiger partial charge in [-0.15, -0.1) is 0 Å². The summed E-state index contributed by atoms with van der Waals surface area (Å²) < 4.78 is 19.5. The molecule has 3 aliphatic heterocycles. The first-order valence-electron chi connectivity index (χ1n) is 15.0. The molecular formula is C33H55NO4. The van der Waals surface area contributed by atoms with Crippen LogP contribution in [0.5, 0.6) is 0 Å². The molecule has 5 nitrogen and oxygen atoms in total. The van der Waals surface area contributed by atoms with E-state index in [0.29, 0.717) is 30.5 Å². The summed E-state index contributed by atoms with van der Waals surface area (Å²) in [4.78, 5) is 2.69. The zero-order valence-corrected chi connectivity index (χ0v) is 25.3. The van der Waals surface area contributed by atoms with Crippen molar-refractivity contribution in [3.05, 3.63) is 47.6 Å². The van der Waals surface area contributed by atoms with E-state index in [-0.39, 0.29) is 30.5 Å². The van der Waals surface area contributed by atoms with Crippen molar-refractivity contribution in [1.82, 2.24) is 4.90 Å². The van der Waals surface area contributed by atoms with E-state index in [0.717, 1.165) is 51.7 Å². The predicted molar refractivity (Wildman–Crippen MR) is 157 cm³/mol. The highest BCUT2D eigenvalue weighted by Crippen LogP contribution is 2.44. The average Bonchev–Trinajstić information content (AvgIpc) is 3.24. The Morgan fingerprint density at radius 2 is 1.92 bits per heavy atom. The molecule has 3 aliphatic rings.